The van der Waals surface area contributed by atoms with Crippen LogP contribution in [0.2, 0.25) is 0 Å². The van der Waals surface area contributed by atoms with Gasteiger partial charge in [-0.25, -0.2) is 4.98 Å². The first-order valence-corrected chi connectivity index (χ1v) is 10.6. The van der Waals surface area contributed by atoms with Crippen molar-refractivity contribution in [2.75, 3.05) is 25.5 Å². The standard InChI is InChI=1S/C24H35N3O2/c1-20(2)18-24(28)27(19-21-12-6-7-13-22(21)29-3)17-11-5-4-9-15-25-23-14-8-10-16-26-23/h6-8,10,12-14,16,20H,4-5,9,11,15,17-19H2,1-3H3,(H,25,26). The zero-order chi connectivity index (χ0) is 20.9. The molecule has 2 rings (SSSR count). The Morgan fingerprint density at radius 2 is 1.83 bits per heavy atom. The summed E-state index contributed by atoms with van der Waals surface area (Å²) in [4.78, 5) is 19.0. The van der Waals surface area contributed by atoms with Crippen LogP contribution in [0, 0.1) is 5.92 Å². The maximum absolute atomic E-state index is 12.7. The third kappa shape index (κ3) is 8.55. The van der Waals surface area contributed by atoms with Crippen molar-refractivity contribution in [2.45, 2.75) is 52.5 Å². The summed E-state index contributed by atoms with van der Waals surface area (Å²) in [5, 5.41) is 3.34. The van der Waals surface area contributed by atoms with Gasteiger partial charge in [0.05, 0.1) is 7.11 Å². The van der Waals surface area contributed by atoms with E-state index in [1.165, 1.54) is 0 Å². The average Bonchev–Trinajstić information content (AvgIpc) is 2.72. The van der Waals surface area contributed by atoms with Crippen LogP contribution in [0.5, 0.6) is 5.75 Å². The molecule has 1 aromatic carbocycles. The molecule has 1 amide bonds. The van der Waals surface area contributed by atoms with E-state index in [0.29, 0.717) is 18.9 Å². The molecular formula is C24H35N3O2. The van der Waals surface area contributed by atoms with E-state index in [-0.39, 0.29) is 5.91 Å². The molecule has 0 atom stereocenters. The normalized spacial score (nSPS) is 10.8. The number of nitrogens with one attached hydrogen (secondary N) is 1. The van der Waals surface area contributed by atoms with E-state index in [1.54, 1.807) is 13.3 Å². The Hall–Kier alpha value is -2.56. The molecule has 0 aliphatic rings. The predicted octanol–water partition coefficient (Wildman–Crippen LogP) is 5.14. The Bertz CT molecular complexity index is 719. The van der Waals surface area contributed by atoms with Gasteiger partial charge in [0.25, 0.3) is 0 Å². The number of aromatic nitrogens is 1. The van der Waals surface area contributed by atoms with Gasteiger partial charge in [-0.2, -0.15) is 0 Å². The number of unbranched alkanes of at least 4 members (excludes halogenated alkanes) is 3. The van der Waals surface area contributed by atoms with Crippen LogP contribution in [0.4, 0.5) is 5.82 Å². The maximum atomic E-state index is 12.7. The van der Waals surface area contributed by atoms with Gasteiger partial charge in [0.1, 0.15) is 11.6 Å². The number of carbonyl (C=O) groups is 1. The number of hydrogen-bond donors (Lipinski definition) is 1. The number of hydrogen-bond acceptors (Lipinski definition) is 4. The largest absolute Gasteiger partial charge is 0.496 e. The molecule has 0 aliphatic heterocycles. The lowest BCUT2D eigenvalue weighted by Gasteiger charge is -2.24. The van der Waals surface area contributed by atoms with E-state index >= 15 is 0 Å². The zero-order valence-corrected chi connectivity index (χ0v) is 18.1. The Morgan fingerprint density at radius 1 is 1.07 bits per heavy atom. The first kappa shape index (κ1) is 22.7. The van der Waals surface area contributed by atoms with Crippen molar-refractivity contribution >= 4 is 11.7 Å². The molecule has 0 unspecified atom stereocenters. The van der Waals surface area contributed by atoms with Crippen molar-refractivity contribution in [1.29, 1.82) is 0 Å². The molecule has 1 heterocycles. The monoisotopic (exact) mass is 397 g/mol. The van der Waals surface area contributed by atoms with Gasteiger partial charge in [-0.15, -0.1) is 0 Å². The van der Waals surface area contributed by atoms with Crippen LogP contribution in [0.25, 0.3) is 0 Å². The SMILES string of the molecule is COc1ccccc1CN(CCCCCCNc1ccccn1)C(=O)CC(C)C. The first-order chi connectivity index (χ1) is 14.1. The van der Waals surface area contributed by atoms with Gasteiger partial charge < -0.3 is 15.0 Å². The summed E-state index contributed by atoms with van der Waals surface area (Å²) in [5.74, 6) is 2.35. The van der Waals surface area contributed by atoms with E-state index < -0.39 is 0 Å². The van der Waals surface area contributed by atoms with Gasteiger partial charge in [0, 0.05) is 37.8 Å². The second-order valence-corrected chi connectivity index (χ2v) is 7.78. The number of carbonyl (C=O) groups excluding carboxylic acids is 1. The minimum Gasteiger partial charge on any atom is -0.496 e. The van der Waals surface area contributed by atoms with Crippen LogP contribution < -0.4 is 10.1 Å². The Kier molecular flexibility index (Phi) is 10.0. The highest BCUT2D eigenvalue weighted by molar-refractivity contribution is 5.76. The molecule has 158 valence electrons. The van der Waals surface area contributed by atoms with E-state index in [9.17, 15) is 4.79 Å². The molecule has 0 fully saturated rings. The number of ether oxygens (including phenoxy) is 1. The molecule has 0 bridgehead atoms. The van der Waals surface area contributed by atoms with Crippen LogP contribution in [-0.2, 0) is 11.3 Å². The minimum atomic E-state index is 0.225. The highest BCUT2D eigenvalue weighted by Crippen LogP contribution is 2.20. The smallest absolute Gasteiger partial charge is 0.223 e. The molecule has 5 heteroatoms. The molecule has 0 saturated carbocycles. The number of nitrogens with zero attached hydrogens (tertiary/aromatic N) is 2. The zero-order valence-electron chi connectivity index (χ0n) is 18.1. The van der Waals surface area contributed by atoms with Crippen LogP contribution in [0.3, 0.4) is 0 Å². The van der Waals surface area contributed by atoms with Crippen molar-refractivity contribution in [2.24, 2.45) is 5.92 Å². The fourth-order valence-electron chi connectivity index (χ4n) is 3.27. The van der Waals surface area contributed by atoms with Crippen LogP contribution in [-0.4, -0.2) is 36.0 Å². The van der Waals surface area contributed by atoms with Gasteiger partial charge in [0.2, 0.25) is 5.91 Å². The van der Waals surface area contributed by atoms with Crippen molar-refractivity contribution in [3.63, 3.8) is 0 Å². The van der Waals surface area contributed by atoms with E-state index in [0.717, 1.165) is 55.9 Å². The molecule has 0 aliphatic carbocycles. The van der Waals surface area contributed by atoms with E-state index in [2.05, 4.69) is 24.1 Å². The summed E-state index contributed by atoms with van der Waals surface area (Å²) in [5.41, 5.74) is 1.06. The van der Waals surface area contributed by atoms with E-state index in [4.69, 9.17) is 4.74 Å². The highest BCUT2D eigenvalue weighted by Gasteiger charge is 2.16. The summed E-state index contributed by atoms with van der Waals surface area (Å²) >= 11 is 0. The Balaban J connectivity index is 1.77. The van der Waals surface area contributed by atoms with Crippen molar-refractivity contribution < 1.29 is 9.53 Å². The third-order valence-corrected chi connectivity index (χ3v) is 4.82. The minimum absolute atomic E-state index is 0.225. The first-order valence-electron chi connectivity index (χ1n) is 10.6. The molecule has 29 heavy (non-hydrogen) atoms. The van der Waals surface area contributed by atoms with Crippen molar-refractivity contribution in [1.82, 2.24) is 9.88 Å². The topological polar surface area (TPSA) is 54.5 Å². The summed E-state index contributed by atoms with van der Waals surface area (Å²) < 4.78 is 5.46. The molecule has 2 aromatic rings. The van der Waals surface area contributed by atoms with Gasteiger partial charge in [-0.1, -0.05) is 51.0 Å². The fourth-order valence-corrected chi connectivity index (χ4v) is 3.27. The molecule has 0 spiro atoms. The molecule has 0 saturated heterocycles. The average molecular weight is 398 g/mol. The van der Waals surface area contributed by atoms with Crippen molar-refractivity contribution in [3.05, 3.63) is 54.2 Å². The highest BCUT2D eigenvalue weighted by atomic mass is 16.5. The third-order valence-electron chi connectivity index (χ3n) is 4.82. The fraction of sp³-hybridized carbons (Fsp3) is 0.500. The van der Waals surface area contributed by atoms with Crippen LogP contribution >= 0.6 is 0 Å². The quantitative estimate of drug-likeness (QED) is 0.476. The molecular weight excluding hydrogens is 362 g/mol. The second-order valence-electron chi connectivity index (χ2n) is 7.78. The molecule has 1 N–H and O–H groups in total. The second kappa shape index (κ2) is 12.8. The van der Waals surface area contributed by atoms with Gasteiger partial charge >= 0.3 is 0 Å². The number of benzene rings is 1. The van der Waals surface area contributed by atoms with Crippen LogP contribution in [0.1, 0.15) is 51.5 Å². The summed E-state index contributed by atoms with van der Waals surface area (Å²) in [6, 6.07) is 13.8. The number of anilines is 1. The summed E-state index contributed by atoms with van der Waals surface area (Å²) in [6.07, 6.45) is 6.75. The Labute approximate surface area is 175 Å². The molecule has 1 aromatic heterocycles. The number of pyridine rings is 1. The van der Waals surface area contributed by atoms with Gasteiger partial charge in [-0.05, 0) is 37.0 Å². The maximum Gasteiger partial charge on any atom is 0.223 e. The van der Waals surface area contributed by atoms with Gasteiger partial charge in [0.15, 0.2) is 0 Å². The summed E-state index contributed by atoms with van der Waals surface area (Å²) in [6.45, 7) is 6.50. The lowest BCUT2D eigenvalue weighted by Crippen LogP contribution is -2.32. The van der Waals surface area contributed by atoms with Crippen LogP contribution in [0.15, 0.2) is 48.7 Å². The molecule has 0 radical (unpaired) electrons. The Morgan fingerprint density at radius 3 is 2.55 bits per heavy atom. The molecule has 5 nitrogen and oxygen atoms in total. The number of para-hydroxylation sites is 1. The number of rotatable bonds is 13. The lowest BCUT2D eigenvalue weighted by molar-refractivity contribution is -0.132. The summed E-state index contributed by atoms with van der Waals surface area (Å²) in [7, 11) is 1.68. The van der Waals surface area contributed by atoms with Gasteiger partial charge in [-0.3, -0.25) is 4.79 Å². The number of amides is 1. The number of methoxy groups -OCH3 is 1. The van der Waals surface area contributed by atoms with E-state index in [1.807, 2.05) is 47.4 Å². The predicted molar refractivity (Wildman–Crippen MR) is 119 cm³/mol. The lowest BCUT2D eigenvalue weighted by atomic mass is 10.1. The van der Waals surface area contributed by atoms with Crippen molar-refractivity contribution in [3.8, 4) is 5.75 Å².